The van der Waals surface area contributed by atoms with Crippen LogP contribution in [0, 0.1) is 0 Å². The summed E-state index contributed by atoms with van der Waals surface area (Å²) in [6.45, 7) is 3.93. The minimum Gasteiger partial charge on any atom is -0.491 e. The Hall–Kier alpha value is -2.01. The van der Waals surface area contributed by atoms with Crippen molar-refractivity contribution in [1.29, 1.82) is 0 Å². The zero-order chi connectivity index (χ0) is 15.4. The molecular formula is C16H17BrN2O2. The molecule has 0 aliphatic heterocycles. The Morgan fingerprint density at radius 1 is 1.19 bits per heavy atom. The zero-order valence-corrected chi connectivity index (χ0v) is 13.5. The molecule has 0 saturated heterocycles. The molecule has 0 aromatic heterocycles. The van der Waals surface area contributed by atoms with Crippen molar-refractivity contribution in [3.8, 4) is 5.75 Å². The molecule has 0 fully saturated rings. The molecule has 0 atom stereocenters. The second kappa shape index (κ2) is 6.63. The van der Waals surface area contributed by atoms with Crippen LogP contribution in [0.3, 0.4) is 0 Å². The molecular weight excluding hydrogens is 332 g/mol. The van der Waals surface area contributed by atoms with Crippen molar-refractivity contribution < 1.29 is 9.53 Å². The molecule has 0 aliphatic carbocycles. The third-order valence-electron chi connectivity index (χ3n) is 2.75. The number of carbonyl (C=O) groups is 1. The van der Waals surface area contributed by atoms with Gasteiger partial charge in [-0.25, -0.2) is 0 Å². The highest BCUT2D eigenvalue weighted by Crippen LogP contribution is 2.22. The average molecular weight is 349 g/mol. The number of anilines is 2. The lowest BCUT2D eigenvalue weighted by atomic mass is 10.2. The predicted molar refractivity (Wildman–Crippen MR) is 88.7 cm³/mol. The first-order valence-electron chi connectivity index (χ1n) is 6.59. The monoisotopic (exact) mass is 348 g/mol. The molecule has 0 saturated carbocycles. The third kappa shape index (κ3) is 4.23. The second-order valence-corrected chi connectivity index (χ2v) is 5.74. The van der Waals surface area contributed by atoms with E-state index in [0.717, 1.165) is 5.75 Å². The van der Waals surface area contributed by atoms with Gasteiger partial charge in [-0.2, -0.15) is 0 Å². The highest BCUT2D eigenvalue weighted by atomic mass is 79.9. The lowest BCUT2D eigenvalue weighted by molar-refractivity contribution is 0.102. The van der Waals surface area contributed by atoms with Crippen LogP contribution < -0.4 is 15.8 Å². The van der Waals surface area contributed by atoms with Gasteiger partial charge in [-0.15, -0.1) is 0 Å². The number of halogens is 1. The van der Waals surface area contributed by atoms with Crippen molar-refractivity contribution in [3.05, 3.63) is 52.5 Å². The van der Waals surface area contributed by atoms with Gasteiger partial charge in [0.1, 0.15) is 5.75 Å². The van der Waals surface area contributed by atoms with Crippen molar-refractivity contribution >= 4 is 33.2 Å². The molecule has 2 aromatic rings. The van der Waals surface area contributed by atoms with E-state index >= 15 is 0 Å². The number of benzene rings is 2. The summed E-state index contributed by atoms with van der Waals surface area (Å²) in [4.78, 5) is 12.1. The molecule has 1 amide bonds. The van der Waals surface area contributed by atoms with E-state index in [1.807, 2.05) is 38.1 Å². The largest absolute Gasteiger partial charge is 0.491 e. The van der Waals surface area contributed by atoms with Gasteiger partial charge in [-0.3, -0.25) is 4.79 Å². The minimum atomic E-state index is -0.187. The van der Waals surface area contributed by atoms with Gasteiger partial charge in [0, 0.05) is 21.4 Å². The van der Waals surface area contributed by atoms with Crippen molar-refractivity contribution in [1.82, 2.24) is 0 Å². The van der Waals surface area contributed by atoms with E-state index in [-0.39, 0.29) is 12.0 Å². The van der Waals surface area contributed by atoms with Crippen molar-refractivity contribution in [2.45, 2.75) is 20.0 Å². The molecule has 3 N–H and O–H groups in total. The zero-order valence-electron chi connectivity index (χ0n) is 11.9. The molecule has 0 heterocycles. The van der Waals surface area contributed by atoms with Crippen LogP contribution in [0.15, 0.2) is 46.9 Å². The first-order valence-corrected chi connectivity index (χ1v) is 7.38. The van der Waals surface area contributed by atoms with Crippen LogP contribution in [0.4, 0.5) is 11.4 Å². The number of ether oxygens (including phenoxy) is 1. The fourth-order valence-electron chi connectivity index (χ4n) is 1.76. The van der Waals surface area contributed by atoms with E-state index in [1.54, 1.807) is 18.2 Å². The number of amides is 1. The van der Waals surface area contributed by atoms with Gasteiger partial charge >= 0.3 is 0 Å². The summed E-state index contributed by atoms with van der Waals surface area (Å²) in [6, 6.07) is 12.3. The summed E-state index contributed by atoms with van der Waals surface area (Å²) in [5.74, 6) is 0.589. The summed E-state index contributed by atoms with van der Waals surface area (Å²) < 4.78 is 6.26. The Balaban J connectivity index is 2.06. The summed E-state index contributed by atoms with van der Waals surface area (Å²) in [7, 11) is 0. The summed E-state index contributed by atoms with van der Waals surface area (Å²) >= 11 is 3.31. The lowest BCUT2D eigenvalue weighted by Gasteiger charge is -2.11. The van der Waals surface area contributed by atoms with Gasteiger partial charge in [0.25, 0.3) is 5.91 Å². The van der Waals surface area contributed by atoms with Crippen LogP contribution >= 0.6 is 15.9 Å². The Labute approximate surface area is 132 Å². The smallest absolute Gasteiger partial charge is 0.255 e. The third-order valence-corrected chi connectivity index (χ3v) is 3.43. The van der Waals surface area contributed by atoms with E-state index in [1.165, 1.54) is 0 Å². The number of carbonyl (C=O) groups excluding carboxylic acids is 1. The van der Waals surface area contributed by atoms with Crippen LogP contribution in [-0.2, 0) is 0 Å². The van der Waals surface area contributed by atoms with Gasteiger partial charge in [0.15, 0.2) is 0 Å². The van der Waals surface area contributed by atoms with Crippen LogP contribution in [0.5, 0.6) is 5.75 Å². The molecule has 0 radical (unpaired) electrons. The highest BCUT2D eigenvalue weighted by molar-refractivity contribution is 9.10. The van der Waals surface area contributed by atoms with E-state index in [2.05, 4.69) is 21.2 Å². The van der Waals surface area contributed by atoms with Crippen LogP contribution in [0.2, 0.25) is 0 Å². The van der Waals surface area contributed by atoms with Crippen LogP contribution in [0.25, 0.3) is 0 Å². The SMILES string of the molecule is CC(C)Oc1ccc(NC(=O)c2ccc(N)c(Br)c2)cc1. The molecule has 110 valence electrons. The number of nitrogens with one attached hydrogen (secondary N) is 1. The van der Waals surface area contributed by atoms with E-state index in [0.29, 0.717) is 21.4 Å². The molecule has 5 heteroatoms. The molecule has 0 bridgehead atoms. The maximum Gasteiger partial charge on any atom is 0.255 e. The lowest BCUT2D eigenvalue weighted by Crippen LogP contribution is -2.12. The molecule has 0 aliphatic rings. The molecule has 2 aromatic carbocycles. The first-order chi connectivity index (χ1) is 9.95. The number of nitrogen functional groups attached to an aromatic ring is 1. The fraction of sp³-hybridized carbons (Fsp3) is 0.188. The van der Waals surface area contributed by atoms with Crippen LogP contribution in [-0.4, -0.2) is 12.0 Å². The van der Waals surface area contributed by atoms with Gasteiger partial charge in [0.2, 0.25) is 0 Å². The highest BCUT2D eigenvalue weighted by Gasteiger charge is 2.08. The number of rotatable bonds is 4. The Morgan fingerprint density at radius 2 is 1.86 bits per heavy atom. The van der Waals surface area contributed by atoms with Gasteiger partial charge in [0.05, 0.1) is 6.10 Å². The quantitative estimate of drug-likeness (QED) is 0.818. The minimum absolute atomic E-state index is 0.123. The number of hydrogen-bond donors (Lipinski definition) is 2. The molecule has 21 heavy (non-hydrogen) atoms. The molecule has 4 nitrogen and oxygen atoms in total. The maximum atomic E-state index is 12.1. The van der Waals surface area contributed by atoms with E-state index in [4.69, 9.17) is 10.5 Å². The summed E-state index contributed by atoms with van der Waals surface area (Å²) in [6.07, 6.45) is 0.123. The predicted octanol–water partition coefficient (Wildman–Crippen LogP) is 4.07. The number of nitrogens with two attached hydrogens (primary N) is 1. The second-order valence-electron chi connectivity index (χ2n) is 4.88. The topological polar surface area (TPSA) is 64.3 Å². The summed E-state index contributed by atoms with van der Waals surface area (Å²) in [5.41, 5.74) is 7.56. The van der Waals surface area contributed by atoms with Crippen molar-refractivity contribution in [3.63, 3.8) is 0 Å². The van der Waals surface area contributed by atoms with Crippen molar-refractivity contribution in [2.24, 2.45) is 0 Å². The maximum absolute atomic E-state index is 12.1. The number of hydrogen-bond acceptors (Lipinski definition) is 3. The molecule has 0 spiro atoms. The Kier molecular flexibility index (Phi) is 4.85. The Bertz CT molecular complexity index is 639. The molecule has 0 unspecified atom stereocenters. The van der Waals surface area contributed by atoms with E-state index in [9.17, 15) is 4.79 Å². The standard InChI is InChI=1S/C16H17BrN2O2/c1-10(2)21-13-6-4-12(5-7-13)19-16(20)11-3-8-15(18)14(17)9-11/h3-10H,18H2,1-2H3,(H,19,20). The van der Waals surface area contributed by atoms with Gasteiger partial charge in [-0.05, 0) is 72.2 Å². The van der Waals surface area contributed by atoms with E-state index < -0.39 is 0 Å². The van der Waals surface area contributed by atoms with Gasteiger partial charge < -0.3 is 15.8 Å². The summed E-state index contributed by atoms with van der Waals surface area (Å²) in [5, 5.41) is 2.83. The first kappa shape index (κ1) is 15.4. The van der Waals surface area contributed by atoms with Gasteiger partial charge in [-0.1, -0.05) is 0 Å². The fourth-order valence-corrected chi connectivity index (χ4v) is 2.14. The van der Waals surface area contributed by atoms with Crippen LogP contribution in [0.1, 0.15) is 24.2 Å². The average Bonchev–Trinajstić information content (AvgIpc) is 2.43. The normalized spacial score (nSPS) is 10.5. The molecule has 2 rings (SSSR count). The van der Waals surface area contributed by atoms with Crippen molar-refractivity contribution in [2.75, 3.05) is 11.1 Å². The Morgan fingerprint density at radius 3 is 2.43 bits per heavy atom.